The number of aromatic nitrogens is 1. The van der Waals surface area contributed by atoms with Crippen molar-refractivity contribution in [3.05, 3.63) is 47.7 Å². The Morgan fingerprint density at radius 2 is 1.96 bits per heavy atom. The second kappa shape index (κ2) is 7.03. The highest BCUT2D eigenvalue weighted by Crippen LogP contribution is 2.34. The quantitative estimate of drug-likeness (QED) is 0.852. The molecule has 7 heteroatoms. The third-order valence-electron chi connectivity index (χ3n) is 4.60. The fourth-order valence-corrected chi connectivity index (χ4v) is 5.05. The van der Waals surface area contributed by atoms with Gasteiger partial charge in [0.2, 0.25) is 10.0 Å². The molecule has 1 aliphatic rings. The maximum atomic E-state index is 13.0. The summed E-state index contributed by atoms with van der Waals surface area (Å²) in [6.45, 7) is 1.79. The van der Waals surface area contributed by atoms with Crippen molar-refractivity contribution < 1.29 is 13.5 Å². The lowest BCUT2D eigenvalue weighted by atomic mass is 9.84. The summed E-state index contributed by atoms with van der Waals surface area (Å²) in [7, 11) is -3.74. The molecular formula is C18H21ClN2O3S. The number of nitrogens with one attached hydrogen (secondary N) is 1. The topological polar surface area (TPSA) is 79.3 Å². The highest BCUT2D eigenvalue weighted by atomic mass is 35.5. The monoisotopic (exact) mass is 380 g/mol. The molecule has 0 bridgehead atoms. The van der Waals surface area contributed by atoms with Crippen LogP contribution in [0.2, 0.25) is 5.02 Å². The summed E-state index contributed by atoms with van der Waals surface area (Å²) < 4.78 is 28.7. The number of halogens is 1. The fraction of sp³-hybridized carbons (Fsp3) is 0.389. The van der Waals surface area contributed by atoms with Crippen molar-refractivity contribution in [2.24, 2.45) is 0 Å². The summed E-state index contributed by atoms with van der Waals surface area (Å²) >= 11 is 6.30. The smallest absolute Gasteiger partial charge is 0.241 e. The van der Waals surface area contributed by atoms with Crippen molar-refractivity contribution in [1.29, 1.82) is 0 Å². The molecule has 0 saturated heterocycles. The largest absolute Gasteiger partial charge is 0.390 e. The average molecular weight is 381 g/mol. The Hall–Kier alpha value is -1.47. The Morgan fingerprint density at radius 1 is 1.24 bits per heavy atom. The number of rotatable bonds is 4. The Kier molecular flexibility index (Phi) is 5.16. The molecule has 134 valence electrons. The van der Waals surface area contributed by atoms with Gasteiger partial charge >= 0.3 is 0 Å². The summed E-state index contributed by atoms with van der Waals surface area (Å²) in [5.41, 5.74) is 0.395. The van der Waals surface area contributed by atoms with Crippen LogP contribution in [0, 0.1) is 0 Å². The zero-order valence-corrected chi connectivity index (χ0v) is 15.5. The molecule has 1 saturated carbocycles. The van der Waals surface area contributed by atoms with Gasteiger partial charge in [-0.15, -0.1) is 0 Å². The number of hydrogen-bond acceptors (Lipinski definition) is 4. The third-order valence-corrected chi connectivity index (χ3v) is 6.48. The first-order chi connectivity index (χ1) is 11.8. The first-order valence-corrected chi connectivity index (χ1v) is 10.1. The summed E-state index contributed by atoms with van der Waals surface area (Å²) in [6.07, 6.45) is 5.58. The van der Waals surface area contributed by atoms with E-state index in [1.165, 1.54) is 0 Å². The van der Waals surface area contributed by atoms with Crippen LogP contribution in [0.1, 0.15) is 32.6 Å². The Balaban J connectivity index is 1.92. The molecule has 0 radical (unpaired) electrons. The molecule has 0 amide bonds. The van der Waals surface area contributed by atoms with Crippen LogP contribution in [0.25, 0.3) is 11.1 Å². The minimum absolute atomic E-state index is 0.144. The average Bonchev–Trinajstić information content (AvgIpc) is 2.57. The van der Waals surface area contributed by atoms with Gasteiger partial charge in [-0.25, -0.2) is 13.1 Å². The Labute approximate surface area is 153 Å². The lowest BCUT2D eigenvalue weighted by molar-refractivity contribution is 0.0163. The van der Waals surface area contributed by atoms with Gasteiger partial charge in [-0.05, 0) is 50.8 Å². The van der Waals surface area contributed by atoms with Gasteiger partial charge in [0, 0.05) is 34.6 Å². The molecule has 1 fully saturated rings. The highest BCUT2D eigenvalue weighted by Gasteiger charge is 2.32. The van der Waals surface area contributed by atoms with Crippen LogP contribution in [0.3, 0.4) is 0 Å². The molecule has 2 N–H and O–H groups in total. The first-order valence-electron chi connectivity index (χ1n) is 8.22. The van der Waals surface area contributed by atoms with Crippen molar-refractivity contribution in [3.63, 3.8) is 0 Å². The number of sulfonamides is 1. The van der Waals surface area contributed by atoms with Crippen molar-refractivity contribution in [1.82, 2.24) is 9.71 Å². The van der Waals surface area contributed by atoms with E-state index in [-0.39, 0.29) is 10.9 Å². The molecule has 5 nitrogen and oxygen atoms in total. The first kappa shape index (κ1) is 18.3. The van der Waals surface area contributed by atoms with Gasteiger partial charge in [-0.3, -0.25) is 4.98 Å². The van der Waals surface area contributed by atoms with E-state index in [4.69, 9.17) is 11.6 Å². The summed E-state index contributed by atoms with van der Waals surface area (Å²) in [5.74, 6) is 0. The normalized spacial score (nSPS) is 24.2. The number of aliphatic hydroxyl groups is 1. The molecule has 2 aromatic rings. The fourth-order valence-electron chi connectivity index (χ4n) is 3.16. The van der Waals surface area contributed by atoms with Crippen LogP contribution in [0.5, 0.6) is 0 Å². The molecule has 1 aromatic heterocycles. The van der Waals surface area contributed by atoms with Gasteiger partial charge in [-0.1, -0.05) is 23.7 Å². The van der Waals surface area contributed by atoms with Crippen LogP contribution in [-0.4, -0.2) is 30.2 Å². The van der Waals surface area contributed by atoms with E-state index < -0.39 is 15.6 Å². The molecule has 25 heavy (non-hydrogen) atoms. The van der Waals surface area contributed by atoms with E-state index in [0.29, 0.717) is 41.8 Å². The highest BCUT2D eigenvalue weighted by molar-refractivity contribution is 7.89. The van der Waals surface area contributed by atoms with Crippen molar-refractivity contribution in [3.8, 4) is 11.1 Å². The maximum Gasteiger partial charge on any atom is 0.241 e. The molecule has 0 aliphatic heterocycles. The second-order valence-corrected chi connectivity index (χ2v) is 8.84. The number of pyridine rings is 1. The summed E-state index contributed by atoms with van der Waals surface area (Å²) in [5, 5.41) is 10.4. The van der Waals surface area contributed by atoms with Crippen molar-refractivity contribution in [2.45, 2.75) is 49.1 Å². The minimum atomic E-state index is -3.74. The van der Waals surface area contributed by atoms with Crippen LogP contribution in [0.4, 0.5) is 0 Å². The minimum Gasteiger partial charge on any atom is -0.390 e. The van der Waals surface area contributed by atoms with Crippen LogP contribution in [-0.2, 0) is 10.0 Å². The lowest BCUT2D eigenvalue weighted by Crippen LogP contribution is -2.42. The van der Waals surface area contributed by atoms with E-state index in [1.807, 2.05) is 0 Å². The molecule has 3 rings (SSSR count). The molecule has 0 atom stereocenters. The van der Waals surface area contributed by atoms with E-state index in [9.17, 15) is 13.5 Å². The van der Waals surface area contributed by atoms with Crippen molar-refractivity contribution >= 4 is 21.6 Å². The van der Waals surface area contributed by atoms with Crippen LogP contribution < -0.4 is 4.72 Å². The van der Waals surface area contributed by atoms with Gasteiger partial charge < -0.3 is 5.11 Å². The van der Waals surface area contributed by atoms with Crippen molar-refractivity contribution in [2.75, 3.05) is 0 Å². The van der Waals surface area contributed by atoms with E-state index in [2.05, 4.69) is 9.71 Å². The predicted molar refractivity (Wildman–Crippen MR) is 97.9 cm³/mol. The third kappa shape index (κ3) is 4.20. The summed E-state index contributed by atoms with van der Waals surface area (Å²) in [4.78, 5) is 4.20. The van der Waals surface area contributed by atoms with Gasteiger partial charge in [0.1, 0.15) is 0 Å². The number of hydrogen-bond donors (Lipinski definition) is 2. The van der Waals surface area contributed by atoms with E-state index in [0.717, 1.165) is 0 Å². The Bertz CT molecular complexity index is 844. The van der Waals surface area contributed by atoms with E-state index in [1.54, 1.807) is 49.6 Å². The number of nitrogens with zero attached hydrogens (tertiary/aromatic N) is 1. The zero-order chi connectivity index (χ0) is 18.1. The van der Waals surface area contributed by atoms with Gasteiger partial charge in [0.25, 0.3) is 0 Å². The molecule has 0 unspecified atom stereocenters. The van der Waals surface area contributed by atoms with Gasteiger partial charge in [0.05, 0.1) is 10.5 Å². The molecule has 0 spiro atoms. The number of benzene rings is 1. The SMILES string of the molecule is CC1(O)CCC(NS(=O)(=O)c2cccc(Cl)c2-c2cccnc2)CC1. The molecule has 1 aliphatic carbocycles. The van der Waals surface area contributed by atoms with Crippen LogP contribution in [0.15, 0.2) is 47.6 Å². The predicted octanol–water partition coefficient (Wildman–Crippen LogP) is 3.37. The molecule has 1 heterocycles. The maximum absolute atomic E-state index is 13.0. The zero-order valence-electron chi connectivity index (χ0n) is 13.9. The molecular weight excluding hydrogens is 360 g/mol. The van der Waals surface area contributed by atoms with Gasteiger partial charge in [0.15, 0.2) is 0 Å². The Morgan fingerprint density at radius 3 is 2.60 bits per heavy atom. The lowest BCUT2D eigenvalue weighted by Gasteiger charge is -2.33. The van der Waals surface area contributed by atoms with Gasteiger partial charge in [-0.2, -0.15) is 0 Å². The van der Waals surface area contributed by atoms with Crippen LogP contribution >= 0.6 is 11.6 Å². The molecule has 1 aromatic carbocycles. The standard InChI is InChI=1S/C18H21ClN2O3S/c1-18(22)9-7-14(8-10-18)21-25(23,24)16-6-2-5-15(19)17(16)13-4-3-11-20-12-13/h2-6,11-12,14,21-22H,7-10H2,1H3. The summed E-state index contributed by atoms with van der Waals surface area (Å²) in [6, 6.07) is 8.18. The van der Waals surface area contributed by atoms with E-state index >= 15 is 0 Å². The second-order valence-electron chi connectivity index (χ2n) is 6.75.